The van der Waals surface area contributed by atoms with Gasteiger partial charge in [-0.3, -0.25) is 0 Å². The molecule has 0 aliphatic carbocycles. The molecule has 1 aromatic rings. The normalized spacial score (nSPS) is 13.0. The molecule has 0 aliphatic rings. The maximum atomic E-state index is 12.9. The molecule has 0 heterocycles. The first-order valence-electron chi connectivity index (χ1n) is 3.96. The average molecular weight is 257 g/mol. The van der Waals surface area contributed by atoms with Gasteiger partial charge in [-0.2, -0.15) is 0 Å². The number of ether oxygens (including phenoxy) is 1. The van der Waals surface area contributed by atoms with Crippen molar-refractivity contribution in [1.29, 1.82) is 0 Å². The van der Waals surface area contributed by atoms with Gasteiger partial charge in [-0.05, 0) is 6.07 Å². The summed E-state index contributed by atoms with van der Waals surface area (Å²) in [5.74, 6) is -2.17. The summed E-state index contributed by atoms with van der Waals surface area (Å²) in [4.78, 5) is -1.15. The molecule has 0 aromatic heterocycles. The lowest BCUT2D eigenvalue weighted by atomic mass is 10.1. The quantitative estimate of drug-likeness (QED) is 0.843. The largest absolute Gasteiger partial charge is 0.496 e. The van der Waals surface area contributed by atoms with Crippen molar-refractivity contribution in [1.82, 2.24) is 0 Å². The summed E-state index contributed by atoms with van der Waals surface area (Å²) in [5, 5.41) is 9.49. The Bertz CT molecular complexity index is 358. The van der Waals surface area contributed by atoms with E-state index >= 15 is 0 Å². The third kappa shape index (κ3) is 2.71. The maximum Gasteiger partial charge on any atom is 0.162 e. The summed E-state index contributed by atoms with van der Waals surface area (Å²) >= 11 is 10.9. The molecule has 0 saturated heterocycles. The third-order valence-electron chi connectivity index (χ3n) is 1.83. The predicted molar refractivity (Wildman–Crippen MR) is 53.4 cm³/mol. The van der Waals surface area contributed by atoms with Gasteiger partial charge in [-0.15, -0.1) is 23.2 Å². The van der Waals surface area contributed by atoms with Crippen LogP contribution in [0.5, 0.6) is 5.75 Å². The average Bonchev–Trinajstić information content (AvgIpc) is 2.20. The summed E-state index contributed by atoms with van der Waals surface area (Å²) in [7, 11) is 1.26. The first-order chi connectivity index (χ1) is 6.97. The molecular formula is C9H8Cl2F2O2. The van der Waals surface area contributed by atoms with Gasteiger partial charge in [0.2, 0.25) is 0 Å². The van der Waals surface area contributed by atoms with E-state index in [2.05, 4.69) is 0 Å². The molecule has 1 aromatic carbocycles. The lowest BCUT2D eigenvalue weighted by Crippen LogP contribution is -2.09. The van der Waals surface area contributed by atoms with Crippen LogP contribution in [-0.2, 0) is 0 Å². The number of rotatable bonds is 3. The Morgan fingerprint density at radius 3 is 2.27 bits per heavy atom. The number of halogens is 4. The fourth-order valence-electron chi connectivity index (χ4n) is 1.09. The smallest absolute Gasteiger partial charge is 0.162 e. The van der Waals surface area contributed by atoms with Gasteiger partial charge in [0, 0.05) is 11.6 Å². The summed E-state index contributed by atoms with van der Waals surface area (Å²) in [6, 6.07) is 1.63. The van der Waals surface area contributed by atoms with E-state index in [4.69, 9.17) is 27.9 Å². The molecular weight excluding hydrogens is 249 g/mol. The number of aliphatic hydroxyl groups excluding tert-OH is 1. The molecule has 0 amide bonds. The van der Waals surface area contributed by atoms with E-state index in [0.29, 0.717) is 0 Å². The number of hydrogen-bond donors (Lipinski definition) is 1. The molecule has 1 atom stereocenters. The topological polar surface area (TPSA) is 29.5 Å². The lowest BCUT2D eigenvalue weighted by Gasteiger charge is -2.15. The van der Waals surface area contributed by atoms with Crippen molar-refractivity contribution < 1.29 is 18.6 Å². The highest BCUT2D eigenvalue weighted by atomic mass is 35.5. The molecule has 0 spiro atoms. The molecule has 15 heavy (non-hydrogen) atoms. The molecule has 0 saturated carbocycles. The third-order valence-corrected chi connectivity index (χ3v) is 2.31. The zero-order valence-electron chi connectivity index (χ0n) is 7.68. The van der Waals surface area contributed by atoms with E-state index in [9.17, 15) is 13.9 Å². The Morgan fingerprint density at radius 1 is 1.27 bits per heavy atom. The monoisotopic (exact) mass is 256 g/mol. The van der Waals surface area contributed by atoms with Gasteiger partial charge >= 0.3 is 0 Å². The van der Waals surface area contributed by atoms with Crippen LogP contribution < -0.4 is 4.74 Å². The fourth-order valence-corrected chi connectivity index (χ4v) is 1.36. The van der Waals surface area contributed by atoms with Crippen LogP contribution in [0, 0.1) is 11.6 Å². The second-order valence-corrected chi connectivity index (χ2v) is 3.95. The van der Waals surface area contributed by atoms with E-state index in [-0.39, 0.29) is 11.3 Å². The van der Waals surface area contributed by atoms with Gasteiger partial charge in [0.15, 0.2) is 11.6 Å². The SMILES string of the molecule is COc1cc(F)c(F)cc1C(O)C(Cl)Cl. The van der Waals surface area contributed by atoms with Crippen LogP contribution in [0.3, 0.4) is 0 Å². The summed E-state index contributed by atoms with van der Waals surface area (Å²) < 4.78 is 30.5. The van der Waals surface area contributed by atoms with Gasteiger partial charge in [-0.1, -0.05) is 0 Å². The molecule has 0 fully saturated rings. The zero-order valence-corrected chi connectivity index (χ0v) is 9.19. The van der Waals surface area contributed by atoms with Crippen molar-refractivity contribution in [2.75, 3.05) is 7.11 Å². The number of alkyl halides is 2. The standard InChI is InChI=1S/C9H8Cl2F2O2/c1-15-7-3-6(13)5(12)2-4(7)8(14)9(10)11/h2-3,8-9,14H,1H3. The van der Waals surface area contributed by atoms with Crippen molar-refractivity contribution in [3.8, 4) is 5.75 Å². The van der Waals surface area contributed by atoms with E-state index in [0.717, 1.165) is 12.1 Å². The number of aliphatic hydroxyl groups is 1. The Hall–Kier alpha value is -0.580. The van der Waals surface area contributed by atoms with Crippen molar-refractivity contribution in [2.45, 2.75) is 10.9 Å². The predicted octanol–water partition coefficient (Wildman–Crippen LogP) is 2.81. The van der Waals surface area contributed by atoms with Crippen LogP contribution >= 0.6 is 23.2 Å². The summed E-state index contributed by atoms with van der Waals surface area (Å²) in [6.45, 7) is 0. The highest BCUT2D eigenvalue weighted by molar-refractivity contribution is 6.44. The molecule has 84 valence electrons. The van der Waals surface area contributed by atoms with Crippen LogP contribution in [0.2, 0.25) is 0 Å². The van der Waals surface area contributed by atoms with Crippen LogP contribution in [0.1, 0.15) is 11.7 Å². The van der Waals surface area contributed by atoms with Crippen LogP contribution in [-0.4, -0.2) is 17.1 Å². The second kappa shape index (κ2) is 4.96. The highest BCUT2D eigenvalue weighted by Crippen LogP contribution is 2.32. The highest BCUT2D eigenvalue weighted by Gasteiger charge is 2.22. The van der Waals surface area contributed by atoms with E-state index in [1.165, 1.54) is 7.11 Å². The van der Waals surface area contributed by atoms with Gasteiger partial charge in [0.05, 0.1) is 7.11 Å². The number of benzene rings is 1. The molecule has 1 rings (SSSR count). The minimum absolute atomic E-state index is 0.00593. The Labute approximate surface area is 95.4 Å². The first-order valence-corrected chi connectivity index (χ1v) is 4.83. The molecule has 1 N–H and O–H groups in total. The van der Waals surface area contributed by atoms with E-state index in [1.807, 2.05) is 0 Å². The van der Waals surface area contributed by atoms with Crippen molar-refractivity contribution >= 4 is 23.2 Å². The van der Waals surface area contributed by atoms with Crippen molar-refractivity contribution in [3.05, 3.63) is 29.3 Å². The molecule has 0 bridgehead atoms. The Balaban J connectivity index is 3.21. The number of methoxy groups -OCH3 is 1. The molecule has 0 aliphatic heterocycles. The van der Waals surface area contributed by atoms with E-state index in [1.54, 1.807) is 0 Å². The molecule has 2 nitrogen and oxygen atoms in total. The van der Waals surface area contributed by atoms with Crippen molar-refractivity contribution in [3.63, 3.8) is 0 Å². The second-order valence-electron chi connectivity index (χ2n) is 2.79. The van der Waals surface area contributed by atoms with Crippen LogP contribution in [0.25, 0.3) is 0 Å². The van der Waals surface area contributed by atoms with Gasteiger partial charge < -0.3 is 9.84 Å². The maximum absolute atomic E-state index is 12.9. The molecule has 0 radical (unpaired) electrons. The lowest BCUT2D eigenvalue weighted by molar-refractivity contribution is 0.187. The van der Waals surface area contributed by atoms with Gasteiger partial charge in [0.1, 0.15) is 16.7 Å². The first kappa shape index (κ1) is 12.5. The van der Waals surface area contributed by atoms with Crippen molar-refractivity contribution in [2.24, 2.45) is 0 Å². The number of hydrogen-bond acceptors (Lipinski definition) is 2. The fraction of sp³-hybridized carbons (Fsp3) is 0.333. The minimum Gasteiger partial charge on any atom is -0.496 e. The zero-order chi connectivity index (χ0) is 11.6. The Kier molecular flexibility index (Phi) is 4.13. The summed E-state index contributed by atoms with van der Waals surface area (Å²) in [5.41, 5.74) is 0.00593. The summed E-state index contributed by atoms with van der Waals surface area (Å²) in [6.07, 6.45) is -1.33. The van der Waals surface area contributed by atoms with Crippen LogP contribution in [0.15, 0.2) is 12.1 Å². The molecule has 6 heteroatoms. The minimum atomic E-state index is -1.33. The van der Waals surface area contributed by atoms with Gasteiger partial charge in [-0.25, -0.2) is 8.78 Å². The Morgan fingerprint density at radius 2 is 1.80 bits per heavy atom. The van der Waals surface area contributed by atoms with Crippen LogP contribution in [0.4, 0.5) is 8.78 Å². The molecule has 1 unspecified atom stereocenters. The van der Waals surface area contributed by atoms with Gasteiger partial charge in [0.25, 0.3) is 0 Å². The van der Waals surface area contributed by atoms with E-state index < -0.39 is 22.6 Å².